The lowest BCUT2D eigenvalue weighted by molar-refractivity contribution is -0.116. The summed E-state index contributed by atoms with van der Waals surface area (Å²) in [5, 5.41) is 2.70. The SMILES string of the molecule is COc1ccc(/C=C/C(=O)NCc2cccc(F)c2)cc1OC. The van der Waals surface area contributed by atoms with Gasteiger partial charge in [-0.3, -0.25) is 4.79 Å². The van der Waals surface area contributed by atoms with E-state index in [1.807, 2.05) is 6.07 Å². The van der Waals surface area contributed by atoms with E-state index in [9.17, 15) is 9.18 Å². The summed E-state index contributed by atoms with van der Waals surface area (Å²) in [6.07, 6.45) is 3.09. The van der Waals surface area contributed by atoms with Gasteiger partial charge in [0.25, 0.3) is 0 Å². The van der Waals surface area contributed by atoms with Gasteiger partial charge in [-0.15, -0.1) is 0 Å². The Kier molecular flexibility index (Phi) is 5.74. The van der Waals surface area contributed by atoms with Crippen LogP contribution in [0.4, 0.5) is 4.39 Å². The third kappa shape index (κ3) is 4.85. The van der Waals surface area contributed by atoms with E-state index in [0.717, 1.165) is 5.56 Å². The molecule has 0 heterocycles. The molecule has 2 aromatic rings. The molecule has 4 nitrogen and oxygen atoms in total. The van der Waals surface area contributed by atoms with Crippen molar-refractivity contribution in [3.05, 3.63) is 65.5 Å². The highest BCUT2D eigenvalue weighted by Gasteiger charge is 2.03. The summed E-state index contributed by atoms with van der Waals surface area (Å²) >= 11 is 0. The van der Waals surface area contributed by atoms with Gasteiger partial charge in [0.1, 0.15) is 5.82 Å². The smallest absolute Gasteiger partial charge is 0.244 e. The second kappa shape index (κ2) is 7.98. The van der Waals surface area contributed by atoms with Gasteiger partial charge in [0.2, 0.25) is 5.91 Å². The number of rotatable bonds is 6. The second-order valence-electron chi connectivity index (χ2n) is 4.80. The molecule has 0 radical (unpaired) electrons. The number of carbonyl (C=O) groups excluding carboxylic acids is 1. The normalized spacial score (nSPS) is 10.6. The summed E-state index contributed by atoms with van der Waals surface area (Å²) in [7, 11) is 3.12. The third-order valence-electron chi connectivity index (χ3n) is 3.19. The van der Waals surface area contributed by atoms with Crippen LogP contribution in [0.15, 0.2) is 48.5 Å². The summed E-state index contributed by atoms with van der Waals surface area (Å²) in [5.74, 6) is 0.636. The monoisotopic (exact) mass is 315 g/mol. The Hall–Kier alpha value is -2.82. The molecule has 0 aliphatic heterocycles. The van der Waals surface area contributed by atoms with E-state index in [0.29, 0.717) is 17.1 Å². The van der Waals surface area contributed by atoms with Crippen LogP contribution in [0.5, 0.6) is 11.5 Å². The molecule has 5 heteroatoms. The number of halogens is 1. The number of nitrogens with one attached hydrogen (secondary N) is 1. The van der Waals surface area contributed by atoms with Gasteiger partial charge in [-0.05, 0) is 41.5 Å². The van der Waals surface area contributed by atoms with Crippen molar-refractivity contribution in [2.75, 3.05) is 14.2 Å². The van der Waals surface area contributed by atoms with E-state index in [1.54, 1.807) is 44.6 Å². The molecule has 1 N–H and O–H groups in total. The van der Waals surface area contributed by atoms with E-state index in [2.05, 4.69) is 5.32 Å². The Morgan fingerprint density at radius 2 is 1.91 bits per heavy atom. The average molecular weight is 315 g/mol. The van der Waals surface area contributed by atoms with Gasteiger partial charge >= 0.3 is 0 Å². The zero-order valence-corrected chi connectivity index (χ0v) is 13.0. The molecule has 2 aromatic carbocycles. The van der Waals surface area contributed by atoms with Crippen molar-refractivity contribution in [3.63, 3.8) is 0 Å². The molecule has 0 unspecified atom stereocenters. The van der Waals surface area contributed by atoms with Crippen molar-refractivity contribution in [3.8, 4) is 11.5 Å². The molecule has 0 aliphatic rings. The first-order chi connectivity index (χ1) is 11.1. The van der Waals surface area contributed by atoms with Crippen LogP contribution in [0.25, 0.3) is 6.08 Å². The summed E-state index contributed by atoms with van der Waals surface area (Å²) in [6, 6.07) is 11.5. The summed E-state index contributed by atoms with van der Waals surface area (Å²) in [4.78, 5) is 11.8. The van der Waals surface area contributed by atoms with E-state index in [4.69, 9.17) is 9.47 Å². The Morgan fingerprint density at radius 3 is 2.61 bits per heavy atom. The van der Waals surface area contributed by atoms with Crippen molar-refractivity contribution in [2.45, 2.75) is 6.54 Å². The van der Waals surface area contributed by atoms with Crippen molar-refractivity contribution >= 4 is 12.0 Å². The van der Waals surface area contributed by atoms with Crippen LogP contribution in [0.3, 0.4) is 0 Å². The molecule has 0 bridgehead atoms. The largest absolute Gasteiger partial charge is 0.493 e. The van der Waals surface area contributed by atoms with Crippen LogP contribution in [-0.4, -0.2) is 20.1 Å². The molecule has 0 saturated heterocycles. The second-order valence-corrected chi connectivity index (χ2v) is 4.80. The van der Waals surface area contributed by atoms with Crippen molar-refractivity contribution in [1.82, 2.24) is 5.32 Å². The van der Waals surface area contributed by atoms with E-state index >= 15 is 0 Å². The van der Waals surface area contributed by atoms with E-state index < -0.39 is 0 Å². The standard InChI is InChI=1S/C18H18FNO3/c1-22-16-8-6-13(11-17(16)23-2)7-9-18(21)20-12-14-4-3-5-15(19)10-14/h3-11H,12H2,1-2H3,(H,20,21)/b9-7+. The van der Waals surface area contributed by atoms with Gasteiger partial charge < -0.3 is 14.8 Å². The minimum absolute atomic E-state index is 0.260. The fraction of sp³-hybridized carbons (Fsp3) is 0.167. The van der Waals surface area contributed by atoms with Gasteiger partial charge in [-0.1, -0.05) is 18.2 Å². The zero-order chi connectivity index (χ0) is 16.7. The van der Waals surface area contributed by atoms with Crippen LogP contribution in [0.1, 0.15) is 11.1 Å². The number of hydrogen-bond acceptors (Lipinski definition) is 3. The lowest BCUT2D eigenvalue weighted by Gasteiger charge is -2.07. The van der Waals surface area contributed by atoms with Gasteiger partial charge in [0, 0.05) is 12.6 Å². The maximum atomic E-state index is 13.0. The lowest BCUT2D eigenvalue weighted by atomic mass is 10.2. The number of hydrogen-bond donors (Lipinski definition) is 1. The highest BCUT2D eigenvalue weighted by molar-refractivity contribution is 5.91. The van der Waals surface area contributed by atoms with Crippen LogP contribution in [0.2, 0.25) is 0 Å². The molecule has 2 rings (SSSR count). The molecule has 0 aliphatic carbocycles. The molecule has 0 atom stereocenters. The highest BCUT2D eigenvalue weighted by Crippen LogP contribution is 2.27. The maximum absolute atomic E-state index is 13.0. The summed E-state index contributed by atoms with van der Waals surface area (Å²) in [6.45, 7) is 0.271. The third-order valence-corrected chi connectivity index (χ3v) is 3.19. The fourth-order valence-electron chi connectivity index (χ4n) is 2.02. The van der Waals surface area contributed by atoms with Gasteiger partial charge in [-0.2, -0.15) is 0 Å². The minimum atomic E-state index is -0.322. The van der Waals surface area contributed by atoms with Crippen molar-refractivity contribution < 1.29 is 18.7 Å². The number of amides is 1. The quantitative estimate of drug-likeness (QED) is 0.833. The Morgan fingerprint density at radius 1 is 1.13 bits per heavy atom. The maximum Gasteiger partial charge on any atom is 0.244 e. The molecular formula is C18H18FNO3. The number of ether oxygens (including phenoxy) is 2. The average Bonchev–Trinajstić information content (AvgIpc) is 2.57. The van der Waals surface area contributed by atoms with Crippen LogP contribution in [0, 0.1) is 5.82 Å². The highest BCUT2D eigenvalue weighted by atomic mass is 19.1. The topological polar surface area (TPSA) is 47.6 Å². The van der Waals surface area contributed by atoms with Crippen LogP contribution in [-0.2, 0) is 11.3 Å². The van der Waals surface area contributed by atoms with Crippen molar-refractivity contribution in [2.24, 2.45) is 0 Å². The Labute approximate surface area is 134 Å². The first kappa shape index (κ1) is 16.5. The molecular weight excluding hydrogens is 297 g/mol. The summed E-state index contributed by atoms with van der Waals surface area (Å²) < 4.78 is 23.4. The molecule has 0 saturated carbocycles. The first-order valence-corrected chi connectivity index (χ1v) is 7.05. The van der Waals surface area contributed by atoms with E-state index in [1.165, 1.54) is 18.2 Å². The zero-order valence-electron chi connectivity index (χ0n) is 13.0. The molecule has 23 heavy (non-hydrogen) atoms. The first-order valence-electron chi connectivity index (χ1n) is 7.05. The molecule has 0 spiro atoms. The number of methoxy groups -OCH3 is 2. The molecule has 1 amide bonds. The molecule has 0 aromatic heterocycles. The number of benzene rings is 2. The Bertz CT molecular complexity index is 713. The van der Waals surface area contributed by atoms with Gasteiger partial charge in [-0.25, -0.2) is 4.39 Å². The van der Waals surface area contributed by atoms with Crippen molar-refractivity contribution in [1.29, 1.82) is 0 Å². The van der Waals surface area contributed by atoms with Crippen LogP contribution >= 0.6 is 0 Å². The Balaban J connectivity index is 1.95. The molecule has 0 fully saturated rings. The van der Waals surface area contributed by atoms with Gasteiger partial charge in [0.15, 0.2) is 11.5 Å². The minimum Gasteiger partial charge on any atom is -0.493 e. The van der Waals surface area contributed by atoms with Gasteiger partial charge in [0.05, 0.1) is 14.2 Å². The fourth-order valence-corrected chi connectivity index (χ4v) is 2.02. The molecule has 120 valence electrons. The predicted octanol–water partition coefficient (Wildman–Crippen LogP) is 3.17. The summed E-state index contributed by atoms with van der Waals surface area (Å²) in [5.41, 5.74) is 1.52. The lowest BCUT2D eigenvalue weighted by Crippen LogP contribution is -2.20. The van der Waals surface area contributed by atoms with E-state index in [-0.39, 0.29) is 18.3 Å². The van der Waals surface area contributed by atoms with Crippen LogP contribution < -0.4 is 14.8 Å². The predicted molar refractivity (Wildman–Crippen MR) is 86.8 cm³/mol. The number of carbonyl (C=O) groups is 1.